The molecular formula is C14H18N2O3. The monoisotopic (exact) mass is 262 g/mol. The molecule has 102 valence electrons. The molecule has 0 aromatic heterocycles. The summed E-state index contributed by atoms with van der Waals surface area (Å²) in [4.78, 5) is 25.5. The number of hydrogen-bond donors (Lipinski definition) is 2. The number of rotatable bonds is 4. The molecule has 19 heavy (non-hydrogen) atoms. The van der Waals surface area contributed by atoms with Crippen molar-refractivity contribution in [1.82, 2.24) is 10.2 Å². The van der Waals surface area contributed by atoms with E-state index in [2.05, 4.69) is 5.32 Å². The third-order valence-corrected chi connectivity index (χ3v) is 3.28. The molecule has 2 amide bonds. The lowest BCUT2D eigenvalue weighted by Crippen LogP contribution is -2.39. The molecule has 1 aliphatic heterocycles. The molecule has 1 fully saturated rings. The standard InChI is InChI=1S/C14H18N2O3/c17-10-11-6-7-16(8-11)9-13(18)15-14(19)12-4-2-1-3-5-12/h1-5,11,17H,6-10H2,(H,15,18,19). The van der Waals surface area contributed by atoms with Gasteiger partial charge in [-0.3, -0.25) is 19.8 Å². The average molecular weight is 262 g/mol. The topological polar surface area (TPSA) is 69.6 Å². The van der Waals surface area contributed by atoms with E-state index < -0.39 is 0 Å². The minimum absolute atomic E-state index is 0.154. The van der Waals surface area contributed by atoms with Crippen molar-refractivity contribution in [3.63, 3.8) is 0 Å². The van der Waals surface area contributed by atoms with Crippen molar-refractivity contribution in [3.8, 4) is 0 Å². The van der Waals surface area contributed by atoms with Gasteiger partial charge in [0, 0.05) is 18.7 Å². The fourth-order valence-electron chi connectivity index (χ4n) is 2.24. The van der Waals surface area contributed by atoms with Crippen LogP contribution in [0.5, 0.6) is 0 Å². The van der Waals surface area contributed by atoms with E-state index in [1.165, 1.54) is 0 Å². The Morgan fingerprint density at radius 1 is 1.32 bits per heavy atom. The largest absolute Gasteiger partial charge is 0.396 e. The maximum atomic E-state index is 11.8. The molecule has 0 radical (unpaired) electrons. The first kappa shape index (κ1) is 13.7. The van der Waals surface area contributed by atoms with Gasteiger partial charge in [-0.2, -0.15) is 0 Å². The normalized spacial score (nSPS) is 19.3. The number of carbonyl (C=O) groups excluding carboxylic acids is 2. The van der Waals surface area contributed by atoms with Gasteiger partial charge in [0.2, 0.25) is 5.91 Å². The van der Waals surface area contributed by atoms with E-state index in [9.17, 15) is 9.59 Å². The van der Waals surface area contributed by atoms with Gasteiger partial charge in [-0.15, -0.1) is 0 Å². The van der Waals surface area contributed by atoms with Gasteiger partial charge < -0.3 is 5.11 Å². The summed E-state index contributed by atoms with van der Waals surface area (Å²) in [5.74, 6) is -0.423. The smallest absolute Gasteiger partial charge is 0.257 e. The number of nitrogens with one attached hydrogen (secondary N) is 1. The molecule has 1 unspecified atom stereocenters. The Bertz CT molecular complexity index is 447. The van der Waals surface area contributed by atoms with Gasteiger partial charge in [-0.1, -0.05) is 18.2 Å². The number of carbonyl (C=O) groups is 2. The fraction of sp³-hybridized carbons (Fsp3) is 0.429. The SMILES string of the molecule is O=C(CN1CCC(CO)C1)NC(=O)c1ccccc1. The summed E-state index contributed by atoms with van der Waals surface area (Å²) in [5.41, 5.74) is 0.477. The Balaban J connectivity index is 1.80. The number of aliphatic hydroxyl groups excluding tert-OH is 1. The molecule has 1 aromatic carbocycles. The minimum Gasteiger partial charge on any atom is -0.396 e. The number of aliphatic hydroxyl groups is 1. The zero-order chi connectivity index (χ0) is 13.7. The van der Waals surface area contributed by atoms with E-state index in [0.29, 0.717) is 12.1 Å². The van der Waals surface area contributed by atoms with Gasteiger partial charge in [0.1, 0.15) is 0 Å². The van der Waals surface area contributed by atoms with E-state index in [1.807, 2.05) is 11.0 Å². The predicted molar refractivity (Wildman–Crippen MR) is 70.5 cm³/mol. The van der Waals surface area contributed by atoms with Gasteiger partial charge in [-0.05, 0) is 31.0 Å². The van der Waals surface area contributed by atoms with E-state index >= 15 is 0 Å². The molecule has 0 saturated carbocycles. The third kappa shape index (κ3) is 3.87. The van der Waals surface area contributed by atoms with Crippen molar-refractivity contribution >= 4 is 11.8 Å². The Kier molecular flexibility index (Phi) is 4.65. The Morgan fingerprint density at radius 3 is 2.68 bits per heavy atom. The van der Waals surface area contributed by atoms with Crippen LogP contribution in [-0.2, 0) is 4.79 Å². The first-order valence-electron chi connectivity index (χ1n) is 6.41. The summed E-state index contributed by atoms with van der Waals surface area (Å²) in [5, 5.41) is 11.4. The predicted octanol–water partition coefficient (Wildman–Crippen LogP) is 0.257. The maximum absolute atomic E-state index is 11.8. The summed E-state index contributed by atoms with van der Waals surface area (Å²) in [6.45, 7) is 1.86. The van der Waals surface area contributed by atoms with Crippen LogP contribution >= 0.6 is 0 Å². The highest BCUT2D eigenvalue weighted by Crippen LogP contribution is 2.14. The van der Waals surface area contributed by atoms with Crippen LogP contribution in [0.3, 0.4) is 0 Å². The first-order chi connectivity index (χ1) is 9.19. The molecule has 0 spiro atoms. The molecule has 5 heteroatoms. The lowest BCUT2D eigenvalue weighted by Gasteiger charge is -2.14. The number of likely N-dealkylation sites (tertiary alicyclic amines) is 1. The lowest BCUT2D eigenvalue weighted by molar-refractivity contribution is -0.121. The summed E-state index contributed by atoms with van der Waals surface area (Å²) < 4.78 is 0. The van der Waals surface area contributed by atoms with Crippen molar-refractivity contribution in [2.75, 3.05) is 26.2 Å². The molecule has 1 heterocycles. The van der Waals surface area contributed by atoms with Crippen LogP contribution < -0.4 is 5.32 Å². The minimum atomic E-state index is -0.372. The van der Waals surface area contributed by atoms with Crippen molar-refractivity contribution < 1.29 is 14.7 Å². The highest BCUT2D eigenvalue weighted by atomic mass is 16.3. The third-order valence-electron chi connectivity index (χ3n) is 3.28. The van der Waals surface area contributed by atoms with Crippen LogP contribution in [-0.4, -0.2) is 48.1 Å². The number of hydrogen-bond acceptors (Lipinski definition) is 4. The molecule has 5 nitrogen and oxygen atoms in total. The first-order valence-corrected chi connectivity index (χ1v) is 6.41. The van der Waals surface area contributed by atoms with Crippen molar-refractivity contribution in [3.05, 3.63) is 35.9 Å². The Labute approximate surface area is 112 Å². The lowest BCUT2D eigenvalue weighted by atomic mass is 10.1. The van der Waals surface area contributed by atoms with Gasteiger partial charge in [0.25, 0.3) is 5.91 Å². The van der Waals surface area contributed by atoms with Crippen LogP contribution in [0.25, 0.3) is 0 Å². The summed E-state index contributed by atoms with van der Waals surface area (Å²) in [6.07, 6.45) is 0.899. The number of imide groups is 1. The average Bonchev–Trinajstić information content (AvgIpc) is 2.87. The highest BCUT2D eigenvalue weighted by molar-refractivity contribution is 6.05. The van der Waals surface area contributed by atoms with Gasteiger partial charge in [0.15, 0.2) is 0 Å². The maximum Gasteiger partial charge on any atom is 0.257 e. The van der Waals surface area contributed by atoms with Gasteiger partial charge >= 0.3 is 0 Å². The Morgan fingerprint density at radius 2 is 2.05 bits per heavy atom. The summed E-state index contributed by atoms with van der Waals surface area (Å²) >= 11 is 0. The second-order valence-electron chi connectivity index (χ2n) is 4.82. The zero-order valence-corrected chi connectivity index (χ0v) is 10.7. The second kappa shape index (κ2) is 6.45. The summed E-state index contributed by atoms with van der Waals surface area (Å²) in [7, 11) is 0. The van der Waals surface area contributed by atoms with Crippen molar-refractivity contribution in [2.45, 2.75) is 6.42 Å². The quantitative estimate of drug-likeness (QED) is 0.816. The van der Waals surface area contributed by atoms with E-state index in [0.717, 1.165) is 13.0 Å². The molecule has 1 saturated heterocycles. The highest BCUT2D eigenvalue weighted by Gasteiger charge is 2.23. The van der Waals surface area contributed by atoms with Crippen molar-refractivity contribution in [1.29, 1.82) is 0 Å². The van der Waals surface area contributed by atoms with Crippen molar-refractivity contribution in [2.24, 2.45) is 5.92 Å². The van der Waals surface area contributed by atoms with E-state index in [1.54, 1.807) is 24.3 Å². The zero-order valence-electron chi connectivity index (χ0n) is 10.7. The van der Waals surface area contributed by atoms with Crippen LogP contribution in [0, 0.1) is 5.92 Å². The summed E-state index contributed by atoms with van der Waals surface area (Å²) in [6, 6.07) is 8.66. The van der Waals surface area contributed by atoms with Crippen LogP contribution in [0.15, 0.2) is 30.3 Å². The molecule has 2 N–H and O–H groups in total. The fourth-order valence-corrected chi connectivity index (χ4v) is 2.24. The van der Waals surface area contributed by atoms with E-state index in [-0.39, 0.29) is 30.9 Å². The van der Waals surface area contributed by atoms with Crippen LogP contribution in [0.2, 0.25) is 0 Å². The molecule has 1 aliphatic rings. The molecule has 1 aromatic rings. The van der Waals surface area contributed by atoms with E-state index in [4.69, 9.17) is 5.11 Å². The van der Waals surface area contributed by atoms with Crippen LogP contribution in [0.4, 0.5) is 0 Å². The molecule has 2 rings (SSSR count). The number of nitrogens with zero attached hydrogens (tertiary/aromatic N) is 1. The van der Waals surface area contributed by atoms with Gasteiger partial charge in [0.05, 0.1) is 6.54 Å². The van der Waals surface area contributed by atoms with Gasteiger partial charge in [-0.25, -0.2) is 0 Å². The molecular weight excluding hydrogens is 244 g/mol. The number of benzene rings is 1. The molecule has 0 bridgehead atoms. The number of amides is 2. The molecule has 1 atom stereocenters. The van der Waals surface area contributed by atoms with Crippen LogP contribution in [0.1, 0.15) is 16.8 Å². The molecule has 0 aliphatic carbocycles. The Hall–Kier alpha value is -1.72. The second-order valence-corrected chi connectivity index (χ2v) is 4.82.